The molecule has 1 amide bonds. The number of benzene rings is 1. The Hall–Kier alpha value is -2.34. The molecule has 2 rings (SSSR count). The highest BCUT2D eigenvalue weighted by Gasteiger charge is 2.22. The summed E-state index contributed by atoms with van der Waals surface area (Å²) in [5, 5.41) is 13.3. The van der Waals surface area contributed by atoms with E-state index in [0.717, 1.165) is 0 Å². The maximum absolute atomic E-state index is 11.7. The normalized spacial score (nSPS) is 11.6. The van der Waals surface area contributed by atoms with E-state index in [-0.39, 0.29) is 6.61 Å². The van der Waals surface area contributed by atoms with Crippen LogP contribution in [0.2, 0.25) is 0 Å². The van der Waals surface area contributed by atoms with Crippen molar-refractivity contribution >= 4 is 23.2 Å². The van der Waals surface area contributed by atoms with Gasteiger partial charge >= 0.3 is 5.97 Å². The number of thiophene rings is 1. The number of carboxylic acids is 1. The van der Waals surface area contributed by atoms with Crippen molar-refractivity contribution in [1.82, 2.24) is 5.32 Å². The molecule has 0 saturated carbocycles. The van der Waals surface area contributed by atoms with Gasteiger partial charge in [0.2, 0.25) is 0 Å². The first-order valence-electron chi connectivity index (χ1n) is 5.90. The SMILES string of the molecule is O=C(COc1ccccc1)NC(C(=O)O)c1cccs1. The van der Waals surface area contributed by atoms with E-state index in [2.05, 4.69) is 5.32 Å². The molecule has 5 nitrogen and oxygen atoms in total. The van der Waals surface area contributed by atoms with E-state index in [1.807, 2.05) is 6.07 Å². The minimum Gasteiger partial charge on any atom is -0.484 e. The van der Waals surface area contributed by atoms with E-state index >= 15 is 0 Å². The zero-order valence-corrected chi connectivity index (χ0v) is 11.3. The van der Waals surface area contributed by atoms with E-state index < -0.39 is 17.9 Å². The van der Waals surface area contributed by atoms with Crippen LogP contribution in [-0.2, 0) is 9.59 Å². The summed E-state index contributed by atoms with van der Waals surface area (Å²) in [6.45, 7) is -0.223. The van der Waals surface area contributed by atoms with Gasteiger partial charge in [-0.05, 0) is 23.6 Å². The number of amides is 1. The van der Waals surface area contributed by atoms with E-state index in [4.69, 9.17) is 9.84 Å². The molecule has 1 aromatic heterocycles. The van der Waals surface area contributed by atoms with Crippen LogP contribution in [0.3, 0.4) is 0 Å². The number of aliphatic carboxylic acids is 1. The fourth-order valence-electron chi connectivity index (χ4n) is 1.58. The van der Waals surface area contributed by atoms with Crippen LogP contribution in [0.4, 0.5) is 0 Å². The van der Waals surface area contributed by atoms with Crippen molar-refractivity contribution < 1.29 is 19.4 Å². The zero-order valence-electron chi connectivity index (χ0n) is 10.5. The van der Waals surface area contributed by atoms with E-state index in [9.17, 15) is 9.59 Å². The lowest BCUT2D eigenvalue weighted by Crippen LogP contribution is -2.36. The number of carbonyl (C=O) groups is 2. The van der Waals surface area contributed by atoms with Gasteiger partial charge < -0.3 is 15.2 Å². The summed E-state index contributed by atoms with van der Waals surface area (Å²) < 4.78 is 5.26. The Labute approximate surface area is 119 Å². The topological polar surface area (TPSA) is 75.6 Å². The van der Waals surface area contributed by atoms with Crippen LogP contribution in [0.25, 0.3) is 0 Å². The molecule has 0 aliphatic heterocycles. The lowest BCUT2D eigenvalue weighted by Gasteiger charge is -2.13. The molecule has 0 fully saturated rings. The fourth-order valence-corrected chi connectivity index (χ4v) is 2.35. The Morgan fingerprint density at radius 1 is 1.20 bits per heavy atom. The van der Waals surface area contributed by atoms with Crippen molar-refractivity contribution in [1.29, 1.82) is 0 Å². The molecule has 2 aromatic rings. The standard InChI is InChI=1S/C14H13NO4S/c16-12(9-19-10-5-2-1-3-6-10)15-13(14(17)18)11-7-4-8-20-11/h1-8,13H,9H2,(H,15,16)(H,17,18). The molecule has 20 heavy (non-hydrogen) atoms. The van der Waals surface area contributed by atoms with Crippen molar-refractivity contribution in [2.45, 2.75) is 6.04 Å². The average molecular weight is 291 g/mol. The van der Waals surface area contributed by atoms with Crippen LogP contribution in [0.5, 0.6) is 5.75 Å². The smallest absolute Gasteiger partial charge is 0.331 e. The van der Waals surface area contributed by atoms with Crippen molar-refractivity contribution in [2.24, 2.45) is 0 Å². The van der Waals surface area contributed by atoms with Gasteiger partial charge in [0.05, 0.1) is 0 Å². The van der Waals surface area contributed by atoms with Crippen LogP contribution in [0.1, 0.15) is 10.9 Å². The monoisotopic (exact) mass is 291 g/mol. The van der Waals surface area contributed by atoms with Gasteiger partial charge in [-0.3, -0.25) is 4.79 Å². The maximum Gasteiger partial charge on any atom is 0.331 e. The van der Waals surface area contributed by atoms with Gasteiger partial charge in [0.25, 0.3) is 5.91 Å². The number of para-hydroxylation sites is 1. The summed E-state index contributed by atoms with van der Waals surface area (Å²) in [6.07, 6.45) is 0. The van der Waals surface area contributed by atoms with Crippen molar-refractivity contribution in [3.05, 3.63) is 52.7 Å². The molecule has 6 heteroatoms. The molecule has 0 radical (unpaired) electrons. The molecule has 1 aromatic carbocycles. The quantitative estimate of drug-likeness (QED) is 0.854. The first kappa shape index (κ1) is 14.1. The number of ether oxygens (including phenoxy) is 1. The zero-order chi connectivity index (χ0) is 14.4. The van der Waals surface area contributed by atoms with Crippen molar-refractivity contribution in [2.75, 3.05) is 6.61 Å². The van der Waals surface area contributed by atoms with Crippen LogP contribution < -0.4 is 10.1 Å². The van der Waals surface area contributed by atoms with Gasteiger partial charge in [-0.2, -0.15) is 0 Å². The second-order valence-corrected chi connectivity index (χ2v) is 4.94. The molecule has 2 N–H and O–H groups in total. The number of carbonyl (C=O) groups excluding carboxylic acids is 1. The summed E-state index contributed by atoms with van der Waals surface area (Å²) in [5.41, 5.74) is 0. The second kappa shape index (κ2) is 6.72. The maximum atomic E-state index is 11.7. The third-order valence-electron chi connectivity index (χ3n) is 2.49. The Morgan fingerprint density at radius 2 is 1.95 bits per heavy atom. The fraction of sp³-hybridized carbons (Fsp3) is 0.143. The Kier molecular flexibility index (Phi) is 4.73. The van der Waals surface area contributed by atoms with Crippen LogP contribution in [0.15, 0.2) is 47.8 Å². The van der Waals surface area contributed by atoms with Crippen LogP contribution in [0, 0.1) is 0 Å². The second-order valence-electron chi connectivity index (χ2n) is 3.96. The molecular formula is C14H13NO4S. The number of hydrogen-bond acceptors (Lipinski definition) is 4. The third-order valence-corrected chi connectivity index (χ3v) is 3.43. The number of rotatable bonds is 6. The molecule has 0 bridgehead atoms. The van der Waals surface area contributed by atoms with Gasteiger partial charge in [-0.1, -0.05) is 24.3 Å². The number of hydrogen-bond donors (Lipinski definition) is 2. The van der Waals surface area contributed by atoms with Gasteiger partial charge in [0.1, 0.15) is 5.75 Å². The number of nitrogens with one attached hydrogen (secondary N) is 1. The van der Waals surface area contributed by atoms with Crippen LogP contribution in [-0.4, -0.2) is 23.6 Å². The Balaban J connectivity index is 1.91. The molecule has 104 valence electrons. The van der Waals surface area contributed by atoms with Gasteiger partial charge in [0.15, 0.2) is 12.6 Å². The van der Waals surface area contributed by atoms with E-state index in [0.29, 0.717) is 10.6 Å². The lowest BCUT2D eigenvalue weighted by atomic mass is 10.2. The van der Waals surface area contributed by atoms with Gasteiger partial charge in [0, 0.05) is 4.88 Å². The minimum atomic E-state index is -1.10. The first-order chi connectivity index (χ1) is 9.66. The highest BCUT2D eigenvalue weighted by atomic mass is 32.1. The molecule has 1 unspecified atom stereocenters. The molecule has 1 atom stereocenters. The lowest BCUT2D eigenvalue weighted by molar-refractivity contribution is -0.142. The van der Waals surface area contributed by atoms with E-state index in [1.165, 1.54) is 11.3 Å². The molecular weight excluding hydrogens is 278 g/mol. The van der Waals surface area contributed by atoms with Gasteiger partial charge in [-0.25, -0.2) is 4.79 Å². The van der Waals surface area contributed by atoms with Crippen molar-refractivity contribution in [3.63, 3.8) is 0 Å². The third kappa shape index (κ3) is 3.83. The molecule has 0 spiro atoms. The summed E-state index contributed by atoms with van der Waals surface area (Å²) in [7, 11) is 0. The summed E-state index contributed by atoms with van der Waals surface area (Å²) >= 11 is 1.28. The summed E-state index contributed by atoms with van der Waals surface area (Å²) in [4.78, 5) is 23.5. The van der Waals surface area contributed by atoms with Gasteiger partial charge in [-0.15, -0.1) is 11.3 Å². The summed E-state index contributed by atoms with van der Waals surface area (Å²) in [5.74, 6) is -1.01. The highest BCUT2D eigenvalue weighted by Crippen LogP contribution is 2.19. The molecule has 0 saturated heterocycles. The van der Waals surface area contributed by atoms with Crippen molar-refractivity contribution in [3.8, 4) is 5.75 Å². The summed E-state index contributed by atoms with van der Waals surface area (Å²) in [6, 6.07) is 11.2. The van der Waals surface area contributed by atoms with Crippen LogP contribution >= 0.6 is 11.3 Å². The average Bonchev–Trinajstić information content (AvgIpc) is 2.97. The molecule has 0 aliphatic rings. The molecule has 0 aliphatic carbocycles. The Morgan fingerprint density at radius 3 is 2.55 bits per heavy atom. The highest BCUT2D eigenvalue weighted by molar-refractivity contribution is 7.10. The predicted molar refractivity (Wildman–Crippen MR) is 74.8 cm³/mol. The largest absolute Gasteiger partial charge is 0.484 e. The van der Waals surface area contributed by atoms with E-state index in [1.54, 1.807) is 41.8 Å². The number of carboxylic acid groups (broad SMARTS) is 1. The molecule has 1 heterocycles. The minimum absolute atomic E-state index is 0.223. The predicted octanol–water partition coefficient (Wildman–Crippen LogP) is 2.07. The first-order valence-corrected chi connectivity index (χ1v) is 6.78. The Bertz CT molecular complexity index is 568.